The molecule has 0 unspecified atom stereocenters. The van der Waals surface area contributed by atoms with Crippen LogP contribution in [0.2, 0.25) is 0 Å². The zero-order chi connectivity index (χ0) is 22.9. The van der Waals surface area contributed by atoms with Gasteiger partial charge in [0.05, 0.1) is 39.7 Å². The van der Waals surface area contributed by atoms with Crippen molar-refractivity contribution in [2.75, 3.05) is 72.6 Å². The number of carbonyl (C=O) groups excluding carboxylic acids is 1. The highest BCUT2D eigenvalue weighted by Gasteiger charge is 2.21. The van der Waals surface area contributed by atoms with Gasteiger partial charge >= 0.3 is 0 Å². The van der Waals surface area contributed by atoms with Crippen LogP contribution in [0.5, 0.6) is 23.0 Å². The molecule has 0 spiro atoms. The molecule has 2 aromatic rings. The van der Waals surface area contributed by atoms with E-state index in [0.29, 0.717) is 29.4 Å². The van der Waals surface area contributed by atoms with E-state index in [4.69, 9.17) is 18.9 Å². The number of nitrogens with one attached hydrogen (secondary N) is 1. The fourth-order valence-corrected chi connectivity index (χ4v) is 3.98. The van der Waals surface area contributed by atoms with Crippen LogP contribution in [0.25, 0.3) is 0 Å². The van der Waals surface area contributed by atoms with Gasteiger partial charge in [0.15, 0.2) is 11.5 Å². The minimum Gasteiger partial charge on any atom is -0.495 e. The molecule has 0 aromatic heterocycles. The van der Waals surface area contributed by atoms with Crippen molar-refractivity contribution in [3.05, 3.63) is 42.0 Å². The number of anilines is 1. The lowest BCUT2D eigenvalue weighted by Crippen LogP contribution is -2.47. The Balaban J connectivity index is 1.46. The number of methoxy groups -OCH3 is 4. The van der Waals surface area contributed by atoms with E-state index in [9.17, 15) is 4.79 Å². The number of carbonyl (C=O) groups is 1. The summed E-state index contributed by atoms with van der Waals surface area (Å²) in [5.41, 5.74) is 1.57. The minimum atomic E-state index is -0.191. The Morgan fingerprint density at radius 3 is 2.19 bits per heavy atom. The number of rotatable bonds is 10. The third-order valence-electron chi connectivity index (χ3n) is 5.68. The number of piperazine rings is 1. The predicted octanol–water partition coefficient (Wildman–Crippen LogP) is 2.66. The van der Waals surface area contributed by atoms with Crippen molar-refractivity contribution in [3.63, 3.8) is 0 Å². The van der Waals surface area contributed by atoms with Crippen LogP contribution in [0.4, 0.5) is 5.69 Å². The summed E-state index contributed by atoms with van der Waals surface area (Å²) < 4.78 is 21.5. The molecule has 1 N–H and O–H groups in total. The summed E-state index contributed by atoms with van der Waals surface area (Å²) in [7, 11) is 6.29. The molecule has 1 saturated heterocycles. The van der Waals surface area contributed by atoms with Crippen molar-refractivity contribution < 1.29 is 23.7 Å². The molecule has 1 aliphatic heterocycles. The first-order chi connectivity index (χ1) is 15.6. The summed E-state index contributed by atoms with van der Waals surface area (Å²) in [6, 6.07) is 11.5. The van der Waals surface area contributed by atoms with Crippen LogP contribution in [-0.2, 0) is 0 Å². The lowest BCUT2D eigenvalue weighted by atomic mass is 10.1. The fourth-order valence-electron chi connectivity index (χ4n) is 3.98. The molecule has 8 nitrogen and oxygen atoms in total. The highest BCUT2D eigenvalue weighted by atomic mass is 16.5. The number of benzene rings is 2. The molecule has 0 bridgehead atoms. The van der Waals surface area contributed by atoms with Gasteiger partial charge in [-0.2, -0.15) is 0 Å². The Hall–Kier alpha value is -3.13. The predicted molar refractivity (Wildman–Crippen MR) is 125 cm³/mol. The van der Waals surface area contributed by atoms with E-state index in [2.05, 4.69) is 21.2 Å². The second kappa shape index (κ2) is 11.5. The van der Waals surface area contributed by atoms with E-state index in [0.717, 1.165) is 50.6 Å². The van der Waals surface area contributed by atoms with Crippen LogP contribution in [0.1, 0.15) is 16.8 Å². The molecule has 3 rings (SSSR count). The number of para-hydroxylation sites is 2. The average molecular weight is 444 g/mol. The second-order valence-electron chi connectivity index (χ2n) is 7.49. The quantitative estimate of drug-likeness (QED) is 0.566. The molecule has 2 aromatic carbocycles. The first-order valence-electron chi connectivity index (χ1n) is 10.8. The van der Waals surface area contributed by atoms with Gasteiger partial charge in [0.25, 0.3) is 5.91 Å². The Kier molecular flexibility index (Phi) is 8.44. The summed E-state index contributed by atoms with van der Waals surface area (Å²) in [6.45, 7) is 5.39. The zero-order valence-electron chi connectivity index (χ0n) is 19.3. The van der Waals surface area contributed by atoms with Crippen molar-refractivity contribution >= 4 is 11.6 Å². The monoisotopic (exact) mass is 443 g/mol. The van der Waals surface area contributed by atoms with E-state index >= 15 is 0 Å². The van der Waals surface area contributed by atoms with Crippen molar-refractivity contribution in [2.45, 2.75) is 6.42 Å². The van der Waals surface area contributed by atoms with Gasteiger partial charge in [0, 0.05) is 32.7 Å². The van der Waals surface area contributed by atoms with Crippen LogP contribution in [0.15, 0.2) is 36.4 Å². The van der Waals surface area contributed by atoms with Gasteiger partial charge in [0.2, 0.25) is 5.75 Å². The minimum absolute atomic E-state index is 0.191. The Labute approximate surface area is 190 Å². The molecule has 1 heterocycles. The second-order valence-corrected chi connectivity index (χ2v) is 7.49. The lowest BCUT2D eigenvalue weighted by molar-refractivity contribution is 0.0947. The summed E-state index contributed by atoms with van der Waals surface area (Å²) >= 11 is 0. The molecule has 1 aliphatic rings. The molecule has 0 atom stereocenters. The van der Waals surface area contributed by atoms with Gasteiger partial charge < -0.3 is 29.2 Å². The first-order valence-corrected chi connectivity index (χ1v) is 10.8. The highest BCUT2D eigenvalue weighted by molar-refractivity contribution is 5.98. The van der Waals surface area contributed by atoms with E-state index in [1.54, 1.807) is 26.4 Å². The van der Waals surface area contributed by atoms with E-state index < -0.39 is 0 Å². The Bertz CT molecular complexity index is 897. The van der Waals surface area contributed by atoms with E-state index in [-0.39, 0.29) is 5.91 Å². The van der Waals surface area contributed by atoms with Crippen molar-refractivity contribution in [1.82, 2.24) is 10.2 Å². The maximum atomic E-state index is 12.7. The van der Waals surface area contributed by atoms with Gasteiger partial charge in [-0.25, -0.2) is 0 Å². The first kappa shape index (κ1) is 23.5. The molecule has 0 aliphatic carbocycles. The van der Waals surface area contributed by atoms with E-state index in [1.807, 2.05) is 18.2 Å². The largest absolute Gasteiger partial charge is 0.495 e. The Morgan fingerprint density at radius 1 is 0.844 bits per heavy atom. The van der Waals surface area contributed by atoms with Crippen LogP contribution in [0, 0.1) is 0 Å². The van der Waals surface area contributed by atoms with Crippen LogP contribution < -0.4 is 29.2 Å². The molecule has 1 amide bonds. The fraction of sp³-hybridized carbons (Fsp3) is 0.458. The molecule has 0 saturated carbocycles. The van der Waals surface area contributed by atoms with Crippen molar-refractivity contribution in [3.8, 4) is 23.0 Å². The maximum absolute atomic E-state index is 12.7. The molecular formula is C24H33N3O5. The molecule has 0 radical (unpaired) electrons. The zero-order valence-corrected chi connectivity index (χ0v) is 19.3. The summed E-state index contributed by atoms with van der Waals surface area (Å²) in [5, 5.41) is 2.98. The normalized spacial score (nSPS) is 14.1. The number of nitrogens with zero attached hydrogens (tertiary/aromatic N) is 2. The standard InChI is InChI=1S/C24H33N3O5/c1-29-20-9-6-5-8-19(20)27-16-14-26(15-17-27)13-7-12-25-24(28)18-10-11-21(30-2)23(32-4)22(18)31-3/h5-6,8-11H,7,12-17H2,1-4H3,(H,25,28). The van der Waals surface area contributed by atoms with Gasteiger partial charge in [-0.3, -0.25) is 9.69 Å². The third kappa shape index (κ3) is 5.37. The third-order valence-corrected chi connectivity index (χ3v) is 5.68. The molecule has 8 heteroatoms. The highest BCUT2D eigenvalue weighted by Crippen LogP contribution is 2.39. The Morgan fingerprint density at radius 2 is 1.53 bits per heavy atom. The number of hydrogen-bond acceptors (Lipinski definition) is 7. The number of ether oxygens (including phenoxy) is 4. The molecule has 174 valence electrons. The van der Waals surface area contributed by atoms with Crippen molar-refractivity contribution in [1.29, 1.82) is 0 Å². The molecule has 32 heavy (non-hydrogen) atoms. The average Bonchev–Trinajstić information content (AvgIpc) is 2.85. The number of amides is 1. The van der Waals surface area contributed by atoms with Crippen LogP contribution in [0.3, 0.4) is 0 Å². The smallest absolute Gasteiger partial charge is 0.255 e. The lowest BCUT2D eigenvalue weighted by Gasteiger charge is -2.36. The van der Waals surface area contributed by atoms with E-state index in [1.165, 1.54) is 14.2 Å². The van der Waals surface area contributed by atoms with Crippen LogP contribution >= 0.6 is 0 Å². The molecular weight excluding hydrogens is 410 g/mol. The number of hydrogen-bond donors (Lipinski definition) is 1. The topological polar surface area (TPSA) is 72.5 Å². The van der Waals surface area contributed by atoms with Gasteiger partial charge in [-0.15, -0.1) is 0 Å². The van der Waals surface area contributed by atoms with Crippen molar-refractivity contribution in [2.24, 2.45) is 0 Å². The summed E-state index contributed by atoms with van der Waals surface area (Å²) in [6.07, 6.45) is 0.871. The van der Waals surface area contributed by atoms with Crippen LogP contribution in [-0.4, -0.2) is 78.5 Å². The maximum Gasteiger partial charge on any atom is 0.255 e. The summed E-state index contributed by atoms with van der Waals surface area (Å²) in [4.78, 5) is 17.5. The molecule has 1 fully saturated rings. The summed E-state index contributed by atoms with van der Waals surface area (Å²) in [5.74, 6) is 2.03. The van der Waals surface area contributed by atoms with Gasteiger partial charge in [-0.05, 0) is 37.2 Å². The van der Waals surface area contributed by atoms with Gasteiger partial charge in [0.1, 0.15) is 5.75 Å². The SMILES string of the molecule is COc1ccccc1N1CCN(CCCNC(=O)c2ccc(OC)c(OC)c2OC)CC1. The van der Waals surface area contributed by atoms with Gasteiger partial charge in [-0.1, -0.05) is 12.1 Å².